The number of ketones is 2. The molecule has 0 saturated heterocycles. The highest BCUT2D eigenvalue weighted by atomic mass is 16.1. The molecule has 2 rings (SSSR count). The maximum atomic E-state index is 12.3. The van der Waals surface area contributed by atoms with Crippen molar-refractivity contribution in [2.75, 3.05) is 0 Å². The Morgan fingerprint density at radius 2 is 1.37 bits per heavy atom. The van der Waals surface area contributed by atoms with Crippen molar-refractivity contribution in [3.8, 4) is 0 Å². The summed E-state index contributed by atoms with van der Waals surface area (Å²) in [6, 6.07) is 8.12. The molecule has 1 aromatic rings. The Hall–Kier alpha value is -1.44. The van der Waals surface area contributed by atoms with Crippen LogP contribution in [0.4, 0.5) is 0 Å². The second-order valence-corrected chi connectivity index (χ2v) is 9.49. The summed E-state index contributed by atoms with van der Waals surface area (Å²) < 4.78 is 0. The van der Waals surface area contributed by atoms with E-state index in [4.69, 9.17) is 0 Å². The SMILES string of the molecule is CCCCCCCCCCC1CCC(c2ccc(C(=O)CC(=O)CCC)cc2)CC1. The summed E-state index contributed by atoms with van der Waals surface area (Å²) in [5.41, 5.74) is 2.06. The van der Waals surface area contributed by atoms with E-state index in [2.05, 4.69) is 19.1 Å². The molecule has 1 saturated carbocycles. The smallest absolute Gasteiger partial charge is 0.170 e. The van der Waals surface area contributed by atoms with Gasteiger partial charge in [-0.15, -0.1) is 0 Å². The van der Waals surface area contributed by atoms with Gasteiger partial charge in [0.2, 0.25) is 0 Å². The van der Waals surface area contributed by atoms with E-state index in [9.17, 15) is 9.59 Å². The zero-order valence-corrected chi connectivity index (χ0v) is 19.6. The van der Waals surface area contributed by atoms with Gasteiger partial charge >= 0.3 is 0 Å². The fourth-order valence-corrected chi connectivity index (χ4v) is 4.94. The van der Waals surface area contributed by atoms with Gasteiger partial charge in [0, 0.05) is 12.0 Å². The Labute approximate surface area is 185 Å². The zero-order chi connectivity index (χ0) is 21.6. The molecule has 0 heterocycles. The van der Waals surface area contributed by atoms with Crippen molar-refractivity contribution >= 4 is 11.6 Å². The summed E-state index contributed by atoms with van der Waals surface area (Å²) >= 11 is 0. The summed E-state index contributed by atoms with van der Waals surface area (Å²) in [6.07, 6.45) is 19.3. The minimum Gasteiger partial charge on any atom is -0.299 e. The third kappa shape index (κ3) is 9.14. The molecule has 2 heteroatoms. The van der Waals surface area contributed by atoms with Crippen molar-refractivity contribution in [2.45, 2.75) is 122 Å². The molecule has 0 amide bonds. The van der Waals surface area contributed by atoms with E-state index < -0.39 is 0 Å². The third-order valence-electron chi connectivity index (χ3n) is 6.90. The number of unbranched alkanes of at least 4 members (excludes halogenated alkanes) is 7. The van der Waals surface area contributed by atoms with Crippen LogP contribution in [0.5, 0.6) is 0 Å². The average Bonchev–Trinajstić information content (AvgIpc) is 2.76. The summed E-state index contributed by atoms with van der Waals surface area (Å²) in [4.78, 5) is 24.0. The van der Waals surface area contributed by atoms with Gasteiger partial charge < -0.3 is 0 Å². The first-order valence-corrected chi connectivity index (χ1v) is 12.8. The van der Waals surface area contributed by atoms with Crippen LogP contribution in [0.25, 0.3) is 0 Å². The molecule has 1 aromatic carbocycles. The molecule has 30 heavy (non-hydrogen) atoms. The van der Waals surface area contributed by atoms with Crippen LogP contribution in [0.15, 0.2) is 24.3 Å². The molecule has 0 spiro atoms. The number of carbonyl (C=O) groups excluding carboxylic acids is 2. The molecule has 168 valence electrons. The first kappa shape index (κ1) is 24.8. The number of Topliss-reactive ketones (excluding diaryl/α,β-unsaturated/α-hetero) is 2. The molecule has 1 fully saturated rings. The Balaban J connectivity index is 1.64. The normalized spacial score (nSPS) is 19.0. The number of hydrogen-bond acceptors (Lipinski definition) is 2. The molecule has 0 unspecified atom stereocenters. The van der Waals surface area contributed by atoms with Crippen molar-refractivity contribution in [3.63, 3.8) is 0 Å². The van der Waals surface area contributed by atoms with Crippen LogP contribution in [0, 0.1) is 5.92 Å². The lowest BCUT2D eigenvalue weighted by molar-refractivity contribution is -0.118. The Morgan fingerprint density at radius 1 is 0.767 bits per heavy atom. The van der Waals surface area contributed by atoms with E-state index in [0.717, 1.165) is 12.3 Å². The molecule has 0 atom stereocenters. The third-order valence-corrected chi connectivity index (χ3v) is 6.90. The van der Waals surface area contributed by atoms with Crippen LogP contribution >= 0.6 is 0 Å². The Morgan fingerprint density at radius 3 is 1.97 bits per heavy atom. The van der Waals surface area contributed by atoms with E-state index in [1.54, 1.807) is 0 Å². The molecule has 0 radical (unpaired) electrons. The summed E-state index contributed by atoms with van der Waals surface area (Å²) in [5, 5.41) is 0. The standard InChI is InChI=1S/C28H44O2/c1-3-5-6-7-8-9-10-11-13-23-14-16-24(17-15-23)25-18-20-26(21-19-25)28(30)22-27(29)12-4-2/h18-21,23-24H,3-17,22H2,1-2H3. The van der Waals surface area contributed by atoms with Gasteiger partial charge in [-0.25, -0.2) is 0 Å². The van der Waals surface area contributed by atoms with Crippen molar-refractivity contribution in [1.82, 2.24) is 0 Å². The minimum atomic E-state index is -0.0333. The van der Waals surface area contributed by atoms with Crippen molar-refractivity contribution in [3.05, 3.63) is 35.4 Å². The van der Waals surface area contributed by atoms with Crippen molar-refractivity contribution < 1.29 is 9.59 Å². The van der Waals surface area contributed by atoms with E-state index >= 15 is 0 Å². The number of hydrogen-bond donors (Lipinski definition) is 0. The molecule has 0 bridgehead atoms. The number of benzene rings is 1. The first-order valence-electron chi connectivity index (χ1n) is 12.8. The van der Waals surface area contributed by atoms with Crippen LogP contribution in [-0.4, -0.2) is 11.6 Å². The van der Waals surface area contributed by atoms with Gasteiger partial charge in [-0.2, -0.15) is 0 Å². The average molecular weight is 413 g/mol. The quantitative estimate of drug-likeness (QED) is 0.164. The van der Waals surface area contributed by atoms with E-state index in [-0.39, 0.29) is 18.0 Å². The lowest BCUT2D eigenvalue weighted by Crippen LogP contribution is -2.13. The van der Waals surface area contributed by atoms with Crippen LogP contribution in [0.1, 0.15) is 138 Å². The van der Waals surface area contributed by atoms with Crippen LogP contribution in [0.2, 0.25) is 0 Å². The Bertz CT molecular complexity index is 608. The molecule has 1 aliphatic rings. The molecular formula is C28H44O2. The maximum Gasteiger partial charge on any atom is 0.170 e. The minimum absolute atomic E-state index is 0.0333. The van der Waals surface area contributed by atoms with Gasteiger partial charge in [-0.05, 0) is 49.5 Å². The fraction of sp³-hybridized carbons (Fsp3) is 0.714. The van der Waals surface area contributed by atoms with Crippen LogP contribution < -0.4 is 0 Å². The molecular weight excluding hydrogens is 368 g/mol. The summed E-state index contributed by atoms with van der Waals surface area (Å²) in [5.74, 6) is 1.59. The summed E-state index contributed by atoms with van der Waals surface area (Å²) in [6.45, 7) is 4.25. The second kappa shape index (κ2) is 14.5. The monoisotopic (exact) mass is 412 g/mol. The van der Waals surface area contributed by atoms with Gasteiger partial charge in [0.15, 0.2) is 5.78 Å². The van der Waals surface area contributed by atoms with Crippen molar-refractivity contribution in [2.24, 2.45) is 5.92 Å². The largest absolute Gasteiger partial charge is 0.299 e. The van der Waals surface area contributed by atoms with Gasteiger partial charge in [0.25, 0.3) is 0 Å². The molecule has 0 N–H and O–H groups in total. The lowest BCUT2D eigenvalue weighted by Gasteiger charge is -2.29. The second-order valence-electron chi connectivity index (χ2n) is 9.49. The van der Waals surface area contributed by atoms with Gasteiger partial charge in [-0.3, -0.25) is 9.59 Å². The van der Waals surface area contributed by atoms with Crippen LogP contribution in [-0.2, 0) is 4.79 Å². The highest BCUT2D eigenvalue weighted by molar-refractivity contribution is 6.07. The highest BCUT2D eigenvalue weighted by Crippen LogP contribution is 2.37. The predicted molar refractivity (Wildman–Crippen MR) is 127 cm³/mol. The molecule has 0 aliphatic heterocycles. The van der Waals surface area contributed by atoms with E-state index in [1.807, 2.05) is 19.1 Å². The first-order chi connectivity index (χ1) is 14.6. The van der Waals surface area contributed by atoms with E-state index in [0.29, 0.717) is 17.9 Å². The maximum absolute atomic E-state index is 12.3. The Kier molecular flexibility index (Phi) is 12.0. The predicted octanol–water partition coefficient (Wildman–Crippen LogP) is 8.43. The topological polar surface area (TPSA) is 34.1 Å². The number of rotatable bonds is 15. The van der Waals surface area contributed by atoms with Gasteiger partial charge in [0.05, 0.1) is 6.42 Å². The zero-order valence-electron chi connectivity index (χ0n) is 19.6. The molecule has 0 aromatic heterocycles. The van der Waals surface area contributed by atoms with Gasteiger partial charge in [0.1, 0.15) is 5.78 Å². The lowest BCUT2D eigenvalue weighted by atomic mass is 9.77. The van der Waals surface area contributed by atoms with Gasteiger partial charge in [-0.1, -0.05) is 95.9 Å². The van der Waals surface area contributed by atoms with Crippen LogP contribution in [0.3, 0.4) is 0 Å². The summed E-state index contributed by atoms with van der Waals surface area (Å²) in [7, 11) is 0. The van der Waals surface area contributed by atoms with Crippen molar-refractivity contribution in [1.29, 1.82) is 0 Å². The fourth-order valence-electron chi connectivity index (χ4n) is 4.94. The molecule has 1 aliphatic carbocycles. The highest BCUT2D eigenvalue weighted by Gasteiger charge is 2.22. The number of carbonyl (C=O) groups is 2. The van der Waals surface area contributed by atoms with E-state index in [1.165, 1.54) is 89.0 Å². The molecule has 2 nitrogen and oxygen atoms in total.